The monoisotopic (exact) mass is 261 g/mol. The molecule has 2 aromatic rings. The van der Waals surface area contributed by atoms with Gasteiger partial charge >= 0.3 is 0 Å². The number of nitro groups is 1. The van der Waals surface area contributed by atoms with Crippen LogP contribution in [-0.4, -0.2) is 11.5 Å². The van der Waals surface area contributed by atoms with E-state index in [0.29, 0.717) is 18.8 Å². The van der Waals surface area contributed by atoms with E-state index in [1.807, 2.05) is 0 Å². The standard InChI is InChI=1S/C14H12FNO3/c15-12-2-1-3-14(10-12)19-9-8-11-4-6-13(7-5-11)16(17)18/h1-7,10H,8-9H2. The topological polar surface area (TPSA) is 52.4 Å². The second-order valence-electron chi connectivity index (χ2n) is 3.98. The van der Waals surface area contributed by atoms with Gasteiger partial charge < -0.3 is 4.74 Å². The van der Waals surface area contributed by atoms with Gasteiger partial charge in [0.15, 0.2) is 0 Å². The fourth-order valence-corrected chi connectivity index (χ4v) is 1.63. The molecule has 0 amide bonds. The molecule has 0 N–H and O–H groups in total. The zero-order valence-corrected chi connectivity index (χ0v) is 10.1. The van der Waals surface area contributed by atoms with Gasteiger partial charge in [-0.15, -0.1) is 0 Å². The summed E-state index contributed by atoms with van der Waals surface area (Å²) >= 11 is 0. The van der Waals surface area contributed by atoms with Crippen LogP contribution in [0.25, 0.3) is 0 Å². The minimum absolute atomic E-state index is 0.0646. The van der Waals surface area contributed by atoms with Crippen LogP contribution in [0.3, 0.4) is 0 Å². The zero-order valence-electron chi connectivity index (χ0n) is 10.1. The number of halogens is 1. The summed E-state index contributed by atoms with van der Waals surface area (Å²) in [7, 11) is 0. The summed E-state index contributed by atoms with van der Waals surface area (Å²) in [5, 5.41) is 10.5. The second-order valence-corrected chi connectivity index (χ2v) is 3.98. The minimum atomic E-state index is -0.437. The molecule has 0 spiro atoms. The quantitative estimate of drug-likeness (QED) is 0.612. The van der Waals surface area contributed by atoms with E-state index in [-0.39, 0.29) is 11.5 Å². The Labute approximate surface area is 109 Å². The molecule has 0 bridgehead atoms. The largest absolute Gasteiger partial charge is 0.493 e. The van der Waals surface area contributed by atoms with Crippen molar-refractivity contribution in [1.29, 1.82) is 0 Å². The van der Waals surface area contributed by atoms with Crippen molar-refractivity contribution in [1.82, 2.24) is 0 Å². The Morgan fingerprint density at radius 3 is 2.53 bits per heavy atom. The van der Waals surface area contributed by atoms with E-state index >= 15 is 0 Å². The van der Waals surface area contributed by atoms with Crippen molar-refractivity contribution in [2.45, 2.75) is 6.42 Å². The van der Waals surface area contributed by atoms with Gasteiger partial charge in [-0.05, 0) is 17.7 Å². The average molecular weight is 261 g/mol. The molecule has 0 heterocycles. The lowest BCUT2D eigenvalue weighted by Gasteiger charge is -2.06. The molecule has 0 atom stereocenters. The minimum Gasteiger partial charge on any atom is -0.493 e. The first kappa shape index (κ1) is 13.0. The van der Waals surface area contributed by atoms with Gasteiger partial charge in [0, 0.05) is 24.6 Å². The molecule has 19 heavy (non-hydrogen) atoms. The molecule has 4 nitrogen and oxygen atoms in total. The van der Waals surface area contributed by atoms with Crippen molar-refractivity contribution >= 4 is 5.69 Å². The predicted octanol–water partition coefficient (Wildman–Crippen LogP) is 3.36. The molecular formula is C14H12FNO3. The first-order valence-corrected chi connectivity index (χ1v) is 5.77. The highest BCUT2D eigenvalue weighted by Crippen LogP contribution is 2.14. The third-order valence-electron chi connectivity index (χ3n) is 2.60. The number of rotatable bonds is 5. The van der Waals surface area contributed by atoms with Crippen LogP contribution in [-0.2, 0) is 6.42 Å². The van der Waals surface area contributed by atoms with Gasteiger partial charge in [-0.25, -0.2) is 4.39 Å². The predicted molar refractivity (Wildman–Crippen MR) is 68.7 cm³/mol. The number of nitrogens with zero attached hydrogens (tertiary/aromatic N) is 1. The third-order valence-corrected chi connectivity index (χ3v) is 2.60. The number of ether oxygens (including phenoxy) is 1. The van der Waals surface area contributed by atoms with Crippen molar-refractivity contribution in [3.63, 3.8) is 0 Å². The first-order valence-electron chi connectivity index (χ1n) is 5.77. The summed E-state index contributed by atoms with van der Waals surface area (Å²) in [6.45, 7) is 0.390. The van der Waals surface area contributed by atoms with Crippen LogP contribution in [0.1, 0.15) is 5.56 Å². The van der Waals surface area contributed by atoms with E-state index < -0.39 is 4.92 Å². The van der Waals surface area contributed by atoms with Crippen LogP contribution in [0.2, 0.25) is 0 Å². The van der Waals surface area contributed by atoms with Crippen LogP contribution in [0.5, 0.6) is 5.75 Å². The molecule has 0 aliphatic carbocycles. The molecule has 0 saturated carbocycles. The summed E-state index contributed by atoms with van der Waals surface area (Å²) in [4.78, 5) is 10.1. The highest BCUT2D eigenvalue weighted by atomic mass is 19.1. The van der Waals surface area contributed by atoms with Gasteiger partial charge in [-0.1, -0.05) is 18.2 Å². The Morgan fingerprint density at radius 2 is 1.89 bits per heavy atom. The van der Waals surface area contributed by atoms with Crippen molar-refractivity contribution in [2.75, 3.05) is 6.61 Å². The van der Waals surface area contributed by atoms with Crippen molar-refractivity contribution in [3.8, 4) is 5.75 Å². The van der Waals surface area contributed by atoms with Crippen LogP contribution in [0.15, 0.2) is 48.5 Å². The maximum absolute atomic E-state index is 12.9. The lowest BCUT2D eigenvalue weighted by Crippen LogP contribution is -2.01. The van der Waals surface area contributed by atoms with Gasteiger partial charge in [-0.3, -0.25) is 10.1 Å². The molecule has 0 saturated heterocycles. The fraction of sp³-hybridized carbons (Fsp3) is 0.143. The molecular weight excluding hydrogens is 249 g/mol. The molecule has 0 aromatic heterocycles. The average Bonchev–Trinajstić information content (AvgIpc) is 2.39. The summed E-state index contributed by atoms with van der Waals surface area (Å²) < 4.78 is 18.3. The van der Waals surface area contributed by atoms with Gasteiger partial charge in [-0.2, -0.15) is 0 Å². The van der Waals surface area contributed by atoms with E-state index in [1.54, 1.807) is 24.3 Å². The normalized spacial score (nSPS) is 10.2. The molecule has 0 unspecified atom stereocenters. The molecule has 2 aromatic carbocycles. The Hall–Kier alpha value is -2.43. The lowest BCUT2D eigenvalue weighted by atomic mass is 10.1. The number of hydrogen-bond acceptors (Lipinski definition) is 3. The van der Waals surface area contributed by atoms with Crippen LogP contribution < -0.4 is 4.74 Å². The number of non-ortho nitro benzene ring substituents is 1. The maximum atomic E-state index is 12.9. The fourth-order valence-electron chi connectivity index (χ4n) is 1.63. The van der Waals surface area contributed by atoms with Gasteiger partial charge in [0.1, 0.15) is 11.6 Å². The summed E-state index contributed by atoms with van der Waals surface area (Å²) in [6.07, 6.45) is 0.606. The molecule has 5 heteroatoms. The zero-order chi connectivity index (χ0) is 13.7. The second kappa shape index (κ2) is 5.95. The van der Waals surface area contributed by atoms with E-state index in [0.717, 1.165) is 5.56 Å². The number of nitro benzene ring substituents is 1. The van der Waals surface area contributed by atoms with Gasteiger partial charge in [0.05, 0.1) is 11.5 Å². The van der Waals surface area contributed by atoms with E-state index in [1.165, 1.54) is 24.3 Å². The Morgan fingerprint density at radius 1 is 1.16 bits per heavy atom. The van der Waals surface area contributed by atoms with Crippen molar-refractivity contribution in [2.24, 2.45) is 0 Å². The molecule has 2 rings (SSSR count). The van der Waals surface area contributed by atoms with Crippen LogP contribution >= 0.6 is 0 Å². The molecule has 0 fully saturated rings. The Kier molecular flexibility index (Phi) is 4.07. The van der Waals surface area contributed by atoms with Gasteiger partial charge in [0.25, 0.3) is 5.69 Å². The van der Waals surface area contributed by atoms with E-state index in [2.05, 4.69) is 0 Å². The summed E-state index contributed by atoms with van der Waals surface area (Å²) in [5.74, 6) is 0.134. The van der Waals surface area contributed by atoms with Crippen molar-refractivity contribution in [3.05, 3.63) is 70.0 Å². The number of hydrogen-bond donors (Lipinski definition) is 0. The first-order chi connectivity index (χ1) is 9.15. The Bertz CT molecular complexity index is 569. The van der Waals surface area contributed by atoms with E-state index in [9.17, 15) is 14.5 Å². The molecule has 98 valence electrons. The smallest absolute Gasteiger partial charge is 0.269 e. The maximum Gasteiger partial charge on any atom is 0.269 e. The van der Waals surface area contributed by atoms with E-state index in [4.69, 9.17) is 4.74 Å². The van der Waals surface area contributed by atoms with Crippen LogP contribution in [0.4, 0.5) is 10.1 Å². The molecule has 0 aliphatic rings. The van der Waals surface area contributed by atoms with Gasteiger partial charge in [0.2, 0.25) is 0 Å². The Balaban J connectivity index is 1.87. The highest BCUT2D eigenvalue weighted by molar-refractivity contribution is 5.33. The molecule has 0 aliphatic heterocycles. The third kappa shape index (κ3) is 3.77. The summed E-state index contributed by atoms with van der Waals surface area (Å²) in [6, 6.07) is 12.2. The summed E-state index contributed by atoms with van der Waals surface area (Å²) in [5.41, 5.74) is 0.997. The molecule has 0 radical (unpaired) electrons. The lowest BCUT2D eigenvalue weighted by molar-refractivity contribution is -0.384. The van der Waals surface area contributed by atoms with Crippen molar-refractivity contribution < 1.29 is 14.1 Å². The van der Waals surface area contributed by atoms with Crippen LogP contribution in [0, 0.1) is 15.9 Å². The highest BCUT2D eigenvalue weighted by Gasteiger charge is 2.04. The number of benzene rings is 2. The SMILES string of the molecule is O=[N+]([O-])c1ccc(CCOc2cccc(F)c2)cc1.